The fraction of sp³-hybridized carbons (Fsp3) is 0.219. The van der Waals surface area contributed by atoms with E-state index in [2.05, 4.69) is 9.78 Å². The van der Waals surface area contributed by atoms with Crippen molar-refractivity contribution in [1.82, 2.24) is 9.80 Å². The maximum Gasteiger partial charge on any atom is 0.386 e. The van der Waals surface area contributed by atoms with E-state index in [0.29, 0.717) is 0 Å². The van der Waals surface area contributed by atoms with Crippen LogP contribution >= 0.6 is 0 Å². The number of hydrogen-bond acceptors (Lipinski definition) is 13. The number of carbonyl (C=O) groups excluding carboxylic acids is 2. The van der Waals surface area contributed by atoms with Crippen molar-refractivity contribution in [3.05, 3.63) is 75.4 Å². The molecular formula is C32H28N2O15. The molecule has 2 aromatic carbocycles. The molecule has 4 rings (SSSR count). The van der Waals surface area contributed by atoms with E-state index in [4.69, 9.17) is 4.42 Å². The summed E-state index contributed by atoms with van der Waals surface area (Å²) >= 11 is 0. The summed E-state index contributed by atoms with van der Waals surface area (Å²) in [6.07, 6.45) is 0. The van der Waals surface area contributed by atoms with Gasteiger partial charge in [-0.3, -0.25) is 33.8 Å². The Labute approximate surface area is 275 Å². The van der Waals surface area contributed by atoms with Crippen LogP contribution < -0.4 is 5.43 Å². The van der Waals surface area contributed by atoms with Crippen molar-refractivity contribution in [3.63, 3.8) is 0 Å². The third-order valence-electron chi connectivity index (χ3n) is 6.98. The molecule has 0 spiro atoms. The number of aromatic hydroxyl groups is 1. The average molecular weight is 681 g/mol. The lowest BCUT2D eigenvalue weighted by atomic mass is 9.89. The van der Waals surface area contributed by atoms with Crippen molar-refractivity contribution in [2.24, 2.45) is 0 Å². The Morgan fingerprint density at radius 2 is 1.27 bits per heavy atom. The molecule has 0 amide bonds. The van der Waals surface area contributed by atoms with Crippen LogP contribution in [0.1, 0.15) is 28.4 Å². The van der Waals surface area contributed by atoms with Crippen molar-refractivity contribution in [2.45, 2.75) is 20.0 Å². The van der Waals surface area contributed by atoms with Gasteiger partial charge in [0.05, 0.1) is 31.7 Å². The molecular weight excluding hydrogens is 652 g/mol. The smallest absolute Gasteiger partial charge is 0.386 e. The Kier molecular flexibility index (Phi) is 10.9. The Morgan fingerprint density at radius 1 is 0.714 bits per heavy atom. The predicted molar refractivity (Wildman–Crippen MR) is 164 cm³/mol. The molecule has 0 radical (unpaired) electrons. The van der Waals surface area contributed by atoms with Crippen LogP contribution in [0.15, 0.2) is 57.7 Å². The molecule has 0 bridgehead atoms. The number of phenols is 1. The molecule has 0 unspecified atom stereocenters. The molecule has 49 heavy (non-hydrogen) atoms. The number of aliphatic carboxylic acids is 4. The van der Waals surface area contributed by atoms with Crippen molar-refractivity contribution in [1.29, 1.82) is 0 Å². The lowest BCUT2D eigenvalue weighted by Crippen LogP contribution is -2.35. The molecule has 2 aliphatic rings. The molecule has 17 nitrogen and oxygen atoms in total. The second-order valence-corrected chi connectivity index (χ2v) is 10.8. The molecule has 17 heteroatoms. The standard InChI is InChI=1S/C32H28N2O15/c1-16(35)48-49-32(46)20-5-3-2-4-19(20)31-21-6-17(10-33(12-27(38)39)13-28(40)41)23(36)8-25(21)47-26-9-24(37)18(7-22(26)31)11-34(14-29(42)43)15-30(44)45/h2-9,36H,10-15H2,1H3,(H,38,39)(H,40,41)(H,42,43)(H,44,45). The molecule has 1 heterocycles. The molecule has 0 fully saturated rings. The minimum atomic E-state index is -1.34. The lowest BCUT2D eigenvalue weighted by Gasteiger charge is -2.22. The van der Waals surface area contributed by atoms with Gasteiger partial charge < -0.3 is 29.9 Å². The highest BCUT2D eigenvalue weighted by atomic mass is 17.2. The molecule has 1 aliphatic carbocycles. The van der Waals surface area contributed by atoms with Crippen molar-refractivity contribution >= 4 is 46.8 Å². The Morgan fingerprint density at radius 3 is 1.82 bits per heavy atom. The van der Waals surface area contributed by atoms with Crippen LogP contribution in [0, 0.1) is 0 Å². The Hall–Kier alpha value is -6.33. The number of carboxylic acids is 4. The third-order valence-corrected chi connectivity index (χ3v) is 6.98. The molecule has 0 saturated heterocycles. The largest absolute Gasteiger partial charge is 0.507 e. The average Bonchev–Trinajstić information content (AvgIpc) is 2.98. The van der Waals surface area contributed by atoms with Crippen molar-refractivity contribution < 1.29 is 68.5 Å². The molecule has 256 valence electrons. The first kappa shape index (κ1) is 35.5. The van der Waals surface area contributed by atoms with Gasteiger partial charge in [0.1, 0.15) is 17.1 Å². The number of hydrogen-bond donors (Lipinski definition) is 5. The van der Waals surface area contributed by atoms with E-state index in [0.717, 1.165) is 28.9 Å². The Bertz CT molecular complexity index is 1970. The van der Waals surface area contributed by atoms with Gasteiger partial charge in [0.15, 0.2) is 5.43 Å². The monoisotopic (exact) mass is 680 g/mol. The molecule has 1 aliphatic heterocycles. The molecule has 0 atom stereocenters. The van der Waals surface area contributed by atoms with Crippen LogP contribution in [0.5, 0.6) is 5.75 Å². The van der Waals surface area contributed by atoms with E-state index in [1.165, 1.54) is 30.3 Å². The van der Waals surface area contributed by atoms with E-state index >= 15 is 0 Å². The van der Waals surface area contributed by atoms with Crippen molar-refractivity contribution in [2.75, 3.05) is 26.2 Å². The maximum absolute atomic E-state index is 13.2. The summed E-state index contributed by atoms with van der Waals surface area (Å²) in [5.74, 6) is -7.85. The highest BCUT2D eigenvalue weighted by Crippen LogP contribution is 2.43. The van der Waals surface area contributed by atoms with E-state index in [1.807, 2.05) is 0 Å². The van der Waals surface area contributed by atoms with Crippen LogP contribution in [0.2, 0.25) is 0 Å². The molecule has 5 N–H and O–H groups in total. The van der Waals surface area contributed by atoms with Gasteiger partial charge in [0.25, 0.3) is 0 Å². The summed E-state index contributed by atoms with van der Waals surface area (Å²) in [7, 11) is 0. The predicted octanol–water partition coefficient (Wildman–Crippen LogP) is 1.85. The zero-order chi connectivity index (χ0) is 36.0. The van der Waals surface area contributed by atoms with E-state index in [1.54, 1.807) is 6.07 Å². The highest BCUT2D eigenvalue weighted by Gasteiger charge is 2.27. The van der Waals surface area contributed by atoms with Crippen LogP contribution in [0.25, 0.3) is 33.4 Å². The molecule has 2 aromatic rings. The van der Waals surface area contributed by atoms with Gasteiger partial charge in [-0.1, -0.05) is 18.2 Å². The summed E-state index contributed by atoms with van der Waals surface area (Å²) in [6.45, 7) is -2.58. The second-order valence-electron chi connectivity index (χ2n) is 10.8. The minimum Gasteiger partial charge on any atom is -0.507 e. The van der Waals surface area contributed by atoms with E-state index in [-0.39, 0.29) is 56.7 Å². The van der Waals surface area contributed by atoms with Gasteiger partial charge in [-0.25, -0.2) is 19.4 Å². The van der Waals surface area contributed by atoms with Crippen molar-refractivity contribution in [3.8, 4) is 28.2 Å². The topological polar surface area (TPSA) is 259 Å². The van der Waals surface area contributed by atoms with Crippen LogP contribution in [-0.2, 0) is 46.8 Å². The normalized spacial score (nSPS) is 11.2. The molecule has 0 aromatic heterocycles. The van der Waals surface area contributed by atoms with Crippen LogP contribution in [0.3, 0.4) is 0 Å². The fourth-order valence-corrected chi connectivity index (χ4v) is 5.19. The number of rotatable bonds is 14. The lowest BCUT2D eigenvalue weighted by molar-refractivity contribution is -0.231. The first-order chi connectivity index (χ1) is 23.1. The number of carboxylic acid groups (broad SMARTS) is 4. The zero-order valence-corrected chi connectivity index (χ0v) is 25.6. The third kappa shape index (κ3) is 8.93. The number of fused-ring (bicyclic) bond motifs is 2. The number of carbonyl (C=O) groups is 6. The van der Waals surface area contributed by atoms with E-state index in [9.17, 15) is 59.1 Å². The first-order valence-corrected chi connectivity index (χ1v) is 14.2. The van der Waals surface area contributed by atoms with Gasteiger partial charge in [-0.15, -0.1) is 0 Å². The quantitative estimate of drug-likeness (QED) is 0.0723. The number of benzene rings is 3. The van der Waals surface area contributed by atoms with Gasteiger partial charge >= 0.3 is 35.8 Å². The van der Waals surface area contributed by atoms with Gasteiger partial charge in [0.2, 0.25) is 0 Å². The van der Waals surface area contributed by atoms with Gasteiger partial charge in [-0.2, -0.15) is 0 Å². The summed E-state index contributed by atoms with van der Waals surface area (Å²) in [5, 5.41) is 48.3. The minimum absolute atomic E-state index is 0.0274. The maximum atomic E-state index is 13.2. The zero-order valence-electron chi connectivity index (χ0n) is 25.6. The summed E-state index contributed by atoms with van der Waals surface area (Å²) < 4.78 is 5.98. The molecule has 0 saturated carbocycles. The van der Waals surface area contributed by atoms with Crippen LogP contribution in [0.4, 0.5) is 0 Å². The fourth-order valence-electron chi connectivity index (χ4n) is 5.19. The Balaban J connectivity index is 2.03. The second kappa shape index (κ2) is 15.1. The summed E-state index contributed by atoms with van der Waals surface area (Å²) in [6, 6.07) is 10.8. The summed E-state index contributed by atoms with van der Waals surface area (Å²) in [5.41, 5.74) is -0.335. The van der Waals surface area contributed by atoms with Gasteiger partial charge in [-0.05, 0) is 23.8 Å². The van der Waals surface area contributed by atoms with Gasteiger partial charge in [0, 0.05) is 59.8 Å². The number of phenolic OH excluding ortho intramolecular Hbond substituents is 1. The first-order valence-electron chi connectivity index (χ1n) is 14.2. The van der Waals surface area contributed by atoms with Crippen LogP contribution in [-0.4, -0.2) is 97.3 Å². The highest BCUT2D eigenvalue weighted by molar-refractivity contribution is 6.08. The summed E-state index contributed by atoms with van der Waals surface area (Å²) in [4.78, 5) is 94.5. The SMILES string of the molecule is CC(=O)OOC(=O)c1ccccc1-c1c2cc(CN(CC(=O)O)CC(=O)O)c(=O)cc-2oc2cc(O)c(CN(CC(=O)O)CC(=O)O)cc12. The van der Waals surface area contributed by atoms with E-state index < -0.39 is 79.7 Å². The number of nitrogens with zero attached hydrogens (tertiary/aromatic N) is 2.